The number of aromatic nitrogens is 2. The number of unbranched alkanes of at least 4 members (excludes halogenated alkanes) is 1. The van der Waals surface area contributed by atoms with Gasteiger partial charge in [0.05, 0.1) is 24.2 Å². The molecule has 2 amide bonds. The van der Waals surface area contributed by atoms with Gasteiger partial charge in [0.15, 0.2) is 11.6 Å². The van der Waals surface area contributed by atoms with Crippen LogP contribution < -0.4 is 10.5 Å². The highest BCUT2D eigenvalue weighted by molar-refractivity contribution is 5.95. The fourth-order valence-corrected chi connectivity index (χ4v) is 7.78. The number of nitrogen functional groups attached to an aromatic ring is 1. The number of amides is 2. The fraction of sp³-hybridized carbons (Fsp3) is 0.400. The summed E-state index contributed by atoms with van der Waals surface area (Å²) in [4.78, 5) is 32.5. The predicted octanol–water partition coefficient (Wildman–Crippen LogP) is 8.89. The van der Waals surface area contributed by atoms with Gasteiger partial charge in [0, 0.05) is 18.5 Å². The van der Waals surface area contributed by atoms with Crippen molar-refractivity contribution in [3.8, 4) is 5.75 Å². The van der Waals surface area contributed by atoms with Crippen molar-refractivity contribution >= 4 is 28.8 Å². The van der Waals surface area contributed by atoms with E-state index >= 15 is 4.79 Å². The van der Waals surface area contributed by atoms with E-state index in [1.54, 1.807) is 20.8 Å². The number of ether oxygens (including phenoxy) is 4. The monoisotopic (exact) mass is 759 g/mol. The summed E-state index contributed by atoms with van der Waals surface area (Å²) in [6.45, 7) is 12.6. The van der Waals surface area contributed by atoms with Gasteiger partial charge in [-0.2, -0.15) is 4.68 Å². The Labute approximate surface area is 329 Å². The number of urea groups is 1. The van der Waals surface area contributed by atoms with Crippen LogP contribution in [0, 0.1) is 0 Å². The minimum absolute atomic E-state index is 0.158. The third-order valence-corrected chi connectivity index (χ3v) is 10.2. The normalized spacial score (nSPS) is 20.9. The molecule has 7 rings (SSSR count). The van der Waals surface area contributed by atoms with Gasteiger partial charge < -0.3 is 34.5 Å². The smallest absolute Gasteiger partial charge is 0.435 e. The number of fused-ring (bicyclic) bond motifs is 2. The third kappa shape index (κ3) is 8.54. The second kappa shape index (κ2) is 16.0. The Hall–Kier alpha value is -5.39. The molecule has 4 aromatic carbocycles. The first kappa shape index (κ1) is 38.9. The van der Waals surface area contributed by atoms with Crippen molar-refractivity contribution < 1.29 is 28.5 Å². The van der Waals surface area contributed by atoms with Gasteiger partial charge in [-0.25, -0.2) is 9.59 Å². The molecule has 2 aliphatic rings. The zero-order valence-corrected chi connectivity index (χ0v) is 33.2. The second-order valence-electron chi connectivity index (χ2n) is 16.2. The summed E-state index contributed by atoms with van der Waals surface area (Å²) in [5.74, 6) is 0.0496. The highest BCUT2D eigenvalue weighted by Gasteiger charge is 2.56. The summed E-state index contributed by atoms with van der Waals surface area (Å²) >= 11 is 0. The molecule has 2 N–H and O–H groups in total. The Morgan fingerprint density at radius 1 is 0.839 bits per heavy atom. The Bertz CT molecular complexity index is 2150. The first-order valence-corrected chi connectivity index (χ1v) is 19.5. The molecule has 0 bridgehead atoms. The Kier molecular flexibility index (Phi) is 11.1. The van der Waals surface area contributed by atoms with E-state index in [1.165, 1.54) is 4.68 Å². The van der Waals surface area contributed by atoms with E-state index in [-0.39, 0.29) is 18.4 Å². The predicted molar refractivity (Wildman–Crippen MR) is 216 cm³/mol. The SMILES string of the molecule is CCCCOc1cccc(CN2C(=O)N(Cc3ccc4c(c3)c(N)nn4C(=O)OC(C)(C)C)[C@H](Cc3ccccc3)[C@@H]3OC(C)(C)O[C@H]3C2c2ccccc2)c1. The Balaban J connectivity index is 1.34. The van der Waals surface area contributed by atoms with E-state index in [4.69, 9.17) is 24.7 Å². The summed E-state index contributed by atoms with van der Waals surface area (Å²) in [6, 6.07) is 32.8. The van der Waals surface area contributed by atoms with Crippen molar-refractivity contribution in [2.45, 2.75) is 110 Å². The first-order chi connectivity index (χ1) is 26.8. The van der Waals surface area contributed by atoms with Crippen LogP contribution in [-0.4, -0.2) is 67.9 Å². The number of rotatable bonds is 11. The van der Waals surface area contributed by atoms with Crippen molar-refractivity contribution in [1.29, 1.82) is 0 Å². The number of hydrogen-bond acceptors (Lipinski definition) is 8. The average Bonchev–Trinajstić information content (AvgIpc) is 3.65. The molecule has 0 aliphatic carbocycles. The molecule has 0 radical (unpaired) electrons. The lowest BCUT2D eigenvalue weighted by molar-refractivity contribution is -0.158. The van der Waals surface area contributed by atoms with Gasteiger partial charge in [0.1, 0.15) is 23.6 Å². The number of hydrogen-bond donors (Lipinski definition) is 1. The molecule has 2 aliphatic heterocycles. The van der Waals surface area contributed by atoms with E-state index in [0.29, 0.717) is 30.5 Å². The summed E-state index contributed by atoms with van der Waals surface area (Å²) in [5, 5.41) is 4.93. The molecule has 5 aromatic rings. The van der Waals surface area contributed by atoms with Crippen LogP contribution in [0.3, 0.4) is 0 Å². The van der Waals surface area contributed by atoms with Crippen LogP contribution in [0.15, 0.2) is 103 Å². The zero-order chi connectivity index (χ0) is 39.6. The number of carbonyl (C=O) groups excluding carboxylic acids is 2. The maximum atomic E-state index is 15.6. The number of nitrogens with zero attached hydrogens (tertiary/aromatic N) is 4. The minimum atomic E-state index is -0.911. The summed E-state index contributed by atoms with van der Waals surface area (Å²) in [6.07, 6.45) is 0.920. The molecule has 3 heterocycles. The second-order valence-corrected chi connectivity index (χ2v) is 16.2. The molecule has 1 aromatic heterocycles. The van der Waals surface area contributed by atoms with Crippen molar-refractivity contribution in [3.63, 3.8) is 0 Å². The standard InChI is InChI=1S/C45H53N5O6/c1-7-8-24-53-34-21-15-18-31(25-34)29-49-38(33-19-13-10-14-20-33)40-39(54-45(5,6)55-40)37(27-30-16-11-9-12-17-30)48(42(49)51)28-32-22-23-36-35(26-32)41(46)47-50(36)43(52)56-44(2,3)4/h9-23,25-26,37-40H,7-8,24,27-29H2,1-6H3,(H2,46,47)/t37-,38?,39+,40+/m1/s1. The van der Waals surface area contributed by atoms with Crippen LogP contribution >= 0.6 is 0 Å². The largest absolute Gasteiger partial charge is 0.494 e. The van der Waals surface area contributed by atoms with Crippen molar-refractivity contribution in [1.82, 2.24) is 19.6 Å². The first-order valence-electron chi connectivity index (χ1n) is 19.5. The van der Waals surface area contributed by atoms with Gasteiger partial charge in [-0.15, -0.1) is 5.10 Å². The molecule has 56 heavy (non-hydrogen) atoms. The molecule has 0 spiro atoms. The minimum Gasteiger partial charge on any atom is -0.494 e. The Morgan fingerprint density at radius 3 is 2.21 bits per heavy atom. The van der Waals surface area contributed by atoms with Crippen molar-refractivity contribution in [3.05, 3.63) is 125 Å². The van der Waals surface area contributed by atoms with Crippen LogP contribution in [0.1, 0.15) is 82.7 Å². The van der Waals surface area contributed by atoms with Gasteiger partial charge in [-0.1, -0.05) is 92.2 Å². The molecule has 11 nitrogen and oxygen atoms in total. The molecular formula is C45H53N5O6. The summed E-state index contributed by atoms with van der Waals surface area (Å²) in [5.41, 5.74) is 10.0. The number of anilines is 1. The molecule has 2 saturated heterocycles. The maximum Gasteiger partial charge on any atom is 0.435 e. The van der Waals surface area contributed by atoms with Crippen LogP contribution in [-0.2, 0) is 33.7 Å². The maximum absolute atomic E-state index is 15.6. The lowest BCUT2D eigenvalue weighted by Gasteiger charge is -2.37. The van der Waals surface area contributed by atoms with E-state index in [9.17, 15) is 4.79 Å². The van der Waals surface area contributed by atoms with Gasteiger partial charge in [0.2, 0.25) is 0 Å². The highest BCUT2D eigenvalue weighted by atomic mass is 16.8. The van der Waals surface area contributed by atoms with Gasteiger partial charge in [0.25, 0.3) is 0 Å². The molecule has 11 heteroatoms. The quantitative estimate of drug-likeness (QED) is 0.133. The topological polar surface area (TPSA) is 121 Å². The molecule has 294 valence electrons. The highest BCUT2D eigenvalue weighted by Crippen LogP contribution is 2.45. The molecular weight excluding hydrogens is 707 g/mol. The summed E-state index contributed by atoms with van der Waals surface area (Å²) in [7, 11) is 0. The van der Waals surface area contributed by atoms with Crippen LogP contribution in [0.4, 0.5) is 15.4 Å². The van der Waals surface area contributed by atoms with Crippen LogP contribution in [0.25, 0.3) is 10.9 Å². The van der Waals surface area contributed by atoms with Crippen molar-refractivity contribution in [2.24, 2.45) is 0 Å². The summed E-state index contributed by atoms with van der Waals surface area (Å²) < 4.78 is 26.6. The van der Waals surface area contributed by atoms with E-state index < -0.39 is 41.8 Å². The molecule has 4 atom stereocenters. The third-order valence-electron chi connectivity index (χ3n) is 10.2. The molecule has 0 saturated carbocycles. The van der Waals surface area contributed by atoms with Gasteiger partial charge in [-0.3, -0.25) is 0 Å². The number of benzene rings is 4. The number of nitrogens with two attached hydrogens (primary N) is 1. The van der Waals surface area contributed by atoms with Crippen LogP contribution in [0.5, 0.6) is 5.75 Å². The van der Waals surface area contributed by atoms with E-state index in [2.05, 4.69) is 36.3 Å². The average molecular weight is 760 g/mol. The lowest BCUT2D eigenvalue weighted by Crippen LogP contribution is -2.50. The van der Waals surface area contributed by atoms with E-state index in [0.717, 1.165) is 40.8 Å². The lowest BCUT2D eigenvalue weighted by atomic mass is 9.90. The molecule has 2 fully saturated rings. The molecule has 1 unspecified atom stereocenters. The van der Waals surface area contributed by atoms with Crippen LogP contribution in [0.2, 0.25) is 0 Å². The van der Waals surface area contributed by atoms with Crippen molar-refractivity contribution in [2.75, 3.05) is 12.3 Å². The fourth-order valence-electron chi connectivity index (χ4n) is 7.78. The van der Waals surface area contributed by atoms with Gasteiger partial charge >= 0.3 is 12.1 Å². The van der Waals surface area contributed by atoms with Gasteiger partial charge in [-0.05, 0) is 94.0 Å². The Morgan fingerprint density at radius 2 is 1.50 bits per heavy atom. The zero-order valence-electron chi connectivity index (χ0n) is 33.2. The number of carbonyl (C=O) groups is 2. The van der Waals surface area contributed by atoms with E-state index in [1.807, 2.05) is 103 Å².